The molecule has 2 rings (SSSR count). The van der Waals surface area contributed by atoms with Crippen LogP contribution in [-0.2, 0) is 16.0 Å². The highest BCUT2D eigenvalue weighted by atomic mass is 16.5. The van der Waals surface area contributed by atoms with Gasteiger partial charge in [-0.15, -0.1) is 0 Å². The smallest absolute Gasteiger partial charge is 0.224 e. The van der Waals surface area contributed by atoms with Crippen LogP contribution < -0.4 is 15.8 Å². The van der Waals surface area contributed by atoms with Crippen molar-refractivity contribution in [2.75, 3.05) is 31.4 Å². The molecule has 0 aliphatic carbocycles. The van der Waals surface area contributed by atoms with Crippen LogP contribution in [0.15, 0.2) is 48.5 Å². The zero-order chi connectivity index (χ0) is 17.2. The molecule has 0 bridgehead atoms. The van der Waals surface area contributed by atoms with Crippen LogP contribution in [0.5, 0.6) is 5.75 Å². The highest BCUT2D eigenvalue weighted by Crippen LogP contribution is 2.24. The third-order valence-corrected chi connectivity index (χ3v) is 3.58. The van der Waals surface area contributed by atoms with E-state index in [4.69, 9.17) is 15.2 Å². The minimum Gasteiger partial charge on any atom is -0.495 e. The number of hydrogen-bond donors (Lipinski definition) is 2. The average molecular weight is 328 g/mol. The molecule has 2 aromatic carbocycles. The fourth-order valence-corrected chi connectivity index (χ4v) is 2.31. The normalized spacial score (nSPS) is 10.4. The molecule has 0 aliphatic heterocycles. The Kier molecular flexibility index (Phi) is 7.11. The van der Waals surface area contributed by atoms with Gasteiger partial charge in [0.1, 0.15) is 5.75 Å². The van der Waals surface area contributed by atoms with E-state index in [2.05, 4.69) is 17.4 Å². The van der Waals surface area contributed by atoms with Gasteiger partial charge in [-0.3, -0.25) is 4.79 Å². The van der Waals surface area contributed by atoms with Crippen molar-refractivity contribution in [3.8, 4) is 5.75 Å². The lowest BCUT2D eigenvalue weighted by Crippen LogP contribution is -2.12. The molecule has 0 heterocycles. The number of carbonyl (C=O) groups is 1. The SMILES string of the molecule is COc1ccc(NC(=O)CCCOCCc2ccccc2)cc1N. The van der Waals surface area contributed by atoms with Crippen LogP contribution in [0, 0.1) is 0 Å². The number of anilines is 2. The topological polar surface area (TPSA) is 73.6 Å². The van der Waals surface area contributed by atoms with Gasteiger partial charge in [0.25, 0.3) is 0 Å². The Bertz CT molecular complexity index is 644. The maximum absolute atomic E-state index is 11.9. The largest absolute Gasteiger partial charge is 0.495 e. The summed E-state index contributed by atoms with van der Waals surface area (Å²) < 4.78 is 10.7. The second-order valence-corrected chi connectivity index (χ2v) is 5.46. The summed E-state index contributed by atoms with van der Waals surface area (Å²) >= 11 is 0. The van der Waals surface area contributed by atoms with E-state index < -0.39 is 0 Å². The predicted octanol–water partition coefficient (Wildman–Crippen LogP) is 3.26. The third-order valence-electron chi connectivity index (χ3n) is 3.58. The van der Waals surface area contributed by atoms with Gasteiger partial charge in [0.2, 0.25) is 5.91 Å². The number of methoxy groups -OCH3 is 1. The van der Waals surface area contributed by atoms with Gasteiger partial charge in [-0.2, -0.15) is 0 Å². The maximum atomic E-state index is 11.9. The van der Waals surface area contributed by atoms with Gasteiger partial charge in [-0.25, -0.2) is 0 Å². The summed E-state index contributed by atoms with van der Waals surface area (Å²) in [5, 5.41) is 2.82. The van der Waals surface area contributed by atoms with Crippen LogP contribution in [-0.4, -0.2) is 26.2 Å². The van der Waals surface area contributed by atoms with E-state index in [-0.39, 0.29) is 5.91 Å². The second kappa shape index (κ2) is 9.57. The third kappa shape index (κ3) is 5.93. The standard InChI is InChI=1S/C19H24N2O3/c1-23-18-10-9-16(14-17(18)20)21-19(22)8-5-12-24-13-11-15-6-3-2-4-7-15/h2-4,6-7,9-10,14H,5,8,11-13,20H2,1H3,(H,21,22). The first-order valence-corrected chi connectivity index (χ1v) is 8.04. The summed E-state index contributed by atoms with van der Waals surface area (Å²) in [6.07, 6.45) is 1.99. The van der Waals surface area contributed by atoms with Gasteiger partial charge < -0.3 is 20.5 Å². The Labute approximate surface area is 142 Å². The van der Waals surface area contributed by atoms with Crippen LogP contribution in [0.1, 0.15) is 18.4 Å². The van der Waals surface area contributed by atoms with Gasteiger partial charge in [0.05, 0.1) is 19.4 Å². The number of nitrogen functional groups attached to an aromatic ring is 1. The summed E-state index contributed by atoms with van der Waals surface area (Å²) in [6.45, 7) is 1.24. The number of nitrogens with two attached hydrogens (primary N) is 1. The van der Waals surface area contributed by atoms with E-state index >= 15 is 0 Å². The molecule has 0 atom stereocenters. The van der Waals surface area contributed by atoms with Gasteiger partial charge in [-0.05, 0) is 36.6 Å². The van der Waals surface area contributed by atoms with Crippen LogP contribution >= 0.6 is 0 Å². The number of ether oxygens (including phenoxy) is 2. The van der Waals surface area contributed by atoms with Gasteiger partial charge in [0, 0.05) is 18.7 Å². The van der Waals surface area contributed by atoms with Crippen molar-refractivity contribution in [2.24, 2.45) is 0 Å². The molecule has 0 fully saturated rings. The Morgan fingerprint density at radius 1 is 1.12 bits per heavy atom. The van der Waals surface area contributed by atoms with Crippen molar-refractivity contribution in [2.45, 2.75) is 19.3 Å². The number of nitrogens with one attached hydrogen (secondary N) is 1. The summed E-state index contributed by atoms with van der Waals surface area (Å²) in [4.78, 5) is 11.9. The lowest BCUT2D eigenvalue weighted by Gasteiger charge is -2.09. The van der Waals surface area contributed by atoms with Crippen molar-refractivity contribution in [3.63, 3.8) is 0 Å². The second-order valence-electron chi connectivity index (χ2n) is 5.46. The maximum Gasteiger partial charge on any atom is 0.224 e. The molecule has 3 N–H and O–H groups in total. The zero-order valence-corrected chi connectivity index (χ0v) is 14.0. The van der Waals surface area contributed by atoms with Crippen molar-refractivity contribution < 1.29 is 14.3 Å². The van der Waals surface area contributed by atoms with E-state index in [1.54, 1.807) is 25.3 Å². The fourth-order valence-electron chi connectivity index (χ4n) is 2.31. The molecular formula is C19H24N2O3. The van der Waals surface area contributed by atoms with Crippen molar-refractivity contribution in [1.82, 2.24) is 0 Å². The lowest BCUT2D eigenvalue weighted by molar-refractivity contribution is -0.116. The molecule has 0 radical (unpaired) electrons. The molecule has 0 aliphatic rings. The molecule has 0 spiro atoms. The number of carbonyl (C=O) groups excluding carboxylic acids is 1. The Hall–Kier alpha value is -2.53. The number of benzene rings is 2. The number of rotatable bonds is 9. The van der Waals surface area contributed by atoms with Gasteiger partial charge >= 0.3 is 0 Å². The molecule has 0 saturated heterocycles. The van der Waals surface area contributed by atoms with Gasteiger partial charge in [-0.1, -0.05) is 30.3 Å². The minimum absolute atomic E-state index is 0.0498. The van der Waals surface area contributed by atoms with Crippen LogP contribution in [0.4, 0.5) is 11.4 Å². The summed E-state index contributed by atoms with van der Waals surface area (Å²) in [5.41, 5.74) is 8.24. The van der Waals surface area contributed by atoms with Crippen LogP contribution in [0.2, 0.25) is 0 Å². The summed E-state index contributed by atoms with van der Waals surface area (Å²) in [7, 11) is 1.56. The van der Waals surface area contributed by atoms with Crippen LogP contribution in [0.25, 0.3) is 0 Å². The first-order valence-electron chi connectivity index (χ1n) is 8.04. The minimum atomic E-state index is -0.0498. The van der Waals surface area contributed by atoms with Crippen molar-refractivity contribution in [3.05, 3.63) is 54.1 Å². The monoisotopic (exact) mass is 328 g/mol. The van der Waals surface area contributed by atoms with E-state index in [1.165, 1.54) is 5.56 Å². The van der Waals surface area contributed by atoms with Gasteiger partial charge in [0.15, 0.2) is 0 Å². The molecule has 2 aromatic rings. The highest BCUT2D eigenvalue weighted by Gasteiger charge is 2.05. The number of hydrogen-bond acceptors (Lipinski definition) is 4. The van der Waals surface area contributed by atoms with Crippen LogP contribution in [0.3, 0.4) is 0 Å². The fraction of sp³-hybridized carbons (Fsp3) is 0.316. The molecule has 128 valence electrons. The number of amides is 1. The van der Waals surface area contributed by atoms with Crippen molar-refractivity contribution >= 4 is 17.3 Å². The predicted molar refractivity (Wildman–Crippen MR) is 96.2 cm³/mol. The average Bonchev–Trinajstić information content (AvgIpc) is 2.59. The molecule has 0 unspecified atom stereocenters. The molecule has 0 aromatic heterocycles. The summed E-state index contributed by atoms with van der Waals surface area (Å²) in [6, 6.07) is 15.4. The Balaban J connectivity index is 1.60. The van der Waals surface area contributed by atoms with Crippen molar-refractivity contribution in [1.29, 1.82) is 0 Å². The van der Waals surface area contributed by atoms with E-state index in [0.29, 0.717) is 43.2 Å². The zero-order valence-electron chi connectivity index (χ0n) is 14.0. The first kappa shape index (κ1) is 17.8. The lowest BCUT2D eigenvalue weighted by atomic mass is 10.2. The summed E-state index contributed by atoms with van der Waals surface area (Å²) in [5.74, 6) is 0.547. The molecule has 24 heavy (non-hydrogen) atoms. The quantitative estimate of drug-likeness (QED) is 0.547. The highest BCUT2D eigenvalue weighted by molar-refractivity contribution is 5.91. The van der Waals surface area contributed by atoms with E-state index in [9.17, 15) is 4.79 Å². The van der Waals surface area contributed by atoms with E-state index in [0.717, 1.165) is 6.42 Å². The molecule has 5 heteroatoms. The Morgan fingerprint density at radius 2 is 1.92 bits per heavy atom. The molecule has 5 nitrogen and oxygen atoms in total. The molecule has 0 saturated carbocycles. The Morgan fingerprint density at radius 3 is 2.62 bits per heavy atom. The molecular weight excluding hydrogens is 304 g/mol. The van der Waals surface area contributed by atoms with E-state index in [1.807, 2.05) is 18.2 Å². The molecule has 1 amide bonds. The first-order chi connectivity index (χ1) is 11.7.